The molecule has 0 aliphatic carbocycles. The number of hydrogen-bond donors (Lipinski definition) is 1. The van der Waals surface area contributed by atoms with Gasteiger partial charge in [0.05, 0.1) is 5.69 Å². The average Bonchev–Trinajstić information content (AvgIpc) is 3.01. The molecular formula is C17H25N5O. The van der Waals surface area contributed by atoms with Gasteiger partial charge < -0.3 is 5.32 Å². The highest BCUT2D eigenvalue weighted by Crippen LogP contribution is 2.13. The minimum atomic E-state index is -0.0486. The molecule has 0 bridgehead atoms. The normalized spacial score (nSPS) is 12.1. The van der Waals surface area contributed by atoms with Gasteiger partial charge in [0.15, 0.2) is 5.82 Å². The molecule has 23 heavy (non-hydrogen) atoms. The van der Waals surface area contributed by atoms with E-state index in [0.29, 0.717) is 17.3 Å². The quantitative estimate of drug-likeness (QED) is 0.813. The van der Waals surface area contributed by atoms with E-state index in [9.17, 15) is 4.79 Å². The maximum Gasteiger partial charge on any atom is 0.251 e. The second-order valence-corrected chi connectivity index (χ2v) is 5.81. The van der Waals surface area contributed by atoms with Crippen molar-refractivity contribution in [2.24, 2.45) is 5.92 Å². The van der Waals surface area contributed by atoms with Gasteiger partial charge in [-0.25, -0.2) is 0 Å². The zero-order valence-electron chi connectivity index (χ0n) is 14.1. The molecule has 1 aromatic carbocycles. The maximum atomic E-state index is 12.4. The number of unbranched alkanes of at least 4 members (excludes halogenated alkanes) is 1. The van der Waals surface area contributed by atoms with Crippen LogP contribution in [0.25, 0.3) is 5.69 Å². The third-order valence-corrected chi connectivity index (χ3v) is 4.07. The molecule has 6 nitrogen and oxygen atoms in total. The number of nitrogens with one attached hydrogen (secondary N) is 1. The van der Waals surface area contributed by atoms with Gasteiger partial charge in [-0.2, -0.15) is 4.68 Å². The fourth-order valence-corrected chi connectivity index (χ4v) is 2.53. The van der Waals surface area contributed by atoms with Gasteiger partial charge in [-0.05, 0) is 47.9 Å². The first kappa shape index (κ1) is 17.1. The van der Waals surface area contributed by atoms with Gasteiger partial charge in [0, 0.05) is 12.1 Å². The van der Waals surface area contributed by atoms with Crippen LogP contribution < -0.4 is 5.32 Å². The van der Waals surface area contributed by atoms with Gasteiger partial charge in [0.1, 0.15) is 0 Å². The summed E-state index contributed by atoms with van der Waals surface area (Å²) in [4.78, 5) is 12.4. The van der Waals surface area contributed by atoms with Gasteiger partial charge in [-0.3, -0.25) is 4.79 Å². The van der Waals surface area contributed by atoms with Crippen LogP contribution in [0, 0.1) is 12.8 Å². The Morgan fingerprint density at radius 3 is 2.83 bits per heavy atom. The third kappa shape index (κ3) is 4.61. The van der Waals surface area contributed by atoms with Gasteiger partial charge in [0.2, 0.25) is 0 Å². The molecule has 1 amide bonds. The summed E-state index contributed by atoms with van der Waals surface area (Å²) in [5, 5.41) is 14.5. The third-order valence-electron chi connectivity index (χ3n) is 4.07. The summed E-state index contributed by atoms with van der Waals surface area (Å²) in [5.41, 5.74) is 1.42. The molecule has 0 spiro atoms. The fourth-order valence-electron chi connectivity index (χ4n) is 2.53. The van der Waals surface area contributed by atoms with Gasteiger partial charge >= 0.3 is 0 Å². The molecular weight excluding hydrogens is 290 g/mol. The van der Waals surface area contributed by atoms with E-state index in [1.54, 1.807) is 4.68 Å². The molecule has 0 saturated carbocycles. The Morgan fingerprint density at radius 2 is 2.17 bits per heavy atom. The molecule has 1 aromatic heterocycles. The van der Waals surface area contributed by atoms with Crippen LogP contribution >= 0.6 is 0 Å². The predicted molar refractivity (Wildman–Crippen MR) is 89.5 cm³/mol. The number of hydrogen-bond acceptors (Lipinski definition) is 4. The van der Waals surface area contributed by atoms with Crippen molar-refractivity contribution in [3.8, 4) is 5.69 Å². The van der Waals surface area contributed by atoms with Crippen molar-refractivity contribution in [1.82, 2.24) is 25.5 Å². The average molecular weight is 315 g/mol. The predicted octanol–water partition coefficient (Wildman–Crippen LogP) is 2.92. The highest BCUT2D eigenvalue weighted by atomic mass is 16.1. The highest BCUT2D eigenvalue weighted by Gasteiger charge is 2.11. The maximum absolute atomic E-state index is 12.4. The first-order valence-corrected chi connectivity index (χ1v) is 8.29. The summed E-state index contributed by atoms with van der Waals surface area (Å²) >= 11 is 0. The number of aromatic nitrogens is 4. The van der Waals surface area contributed by atoms with Gasteiger partial charge in [0.25, 0.3) is 5.91 Å². The molecule has 0 fully saturated rings. The topological polar surface area (TPSA) is 72.7 Å². The molecule has 0 radical (unpaired) electrons. The van der Waals surface area contributed by atoms with Crippen LogP contribution in [-0.2, 0) is 0 Å². The lowest BCUT2D eigenvalue weighted by Crippen LogP contribution is -2.29. The summed E-state index contributed by atoms with van der Waals surface area (Å²) in [5.74, 6) is 1.18. The minimum absolute atomic E-state index is 0.0486. The molecule has 2 rings (SSSR count). The minimum Gasteiger partial charge on any atom is -0.352 e. The van der Waals surface area contributed by atoms with E-state index < -0.39 is 0 Å². The van der Waals surface area contributed by atoms with Crippen LogP contribution in [0.15, 0.2) is 24.3 Å². The SMILES string of the molecule is CCCC[C@@H](CC)CNC(=O)c1cccc(-n2nnnc2C)c1. The molecule has 0 unspecified atom stereocenters. The number of benzene rings is 1. The van der Waals surface area contributed by atoms with E-state index in [0.717, 1.165) is 25.1 Å². The van der Waals surface area contributed by atoms with E-state index in [1.165, 1.54) is 12.8 Å². The Morgan fingerprint density at radius 1 is 1.35 bits per heavy atom. The van der Waals surface area contributed by atoms with Gasteiger partial charge in [-0.15, -0.1) is 5.10 Å². The Labute approximate surface area is 137 Å². The number of carbonyl (C=O) groups excluding carboxylic acids is 1. The van der Waals surface area contributed by atoms with E-state index in [4.69, 9.17) is 0 Å². The van der Waals surface area contributed by atoms with Crippen molar-refractivity contribution in [3.05, 3.63) is 35.7 Å². The molecule has 1 heterocycles. The fraction of sp³-hybridized carbons (Fsp3) is 0.529. The largest absolute Gasteiger partial charge is 0.352 e. The number of carbonyl (C=O) groups is 1. The zero-order chi connectivity index (χ0) is 16.7. The summed E-state index contributed by atoms with van der Waals surface area (Å²) in [6.07, 6.45) is 4.65. The number of nitrogens with zero attached hydrogens (tertiary/aromatic N) is 4. The number of aryl methyl sites for hydroxylation is 1. The van der Waals surface area contributed by atoms with E-state index in [-0.39, 0.29) is 5.91 Å². The second kappa shape index (κ2) is 8.41. The molecule has 2 aromatic rings. The molecule has 0 aliphatic heterocycles. The number of rotatable bonds is 8. The molecule has 1 N–H and O–H groups in total. The first-order chi connectivity index (χ1) is 11.2. The Hall–Kier alpha value is -2.24. The van der Waals surface area contributed by atoms with Crippen LogP contribution in [0.1, 0.15) is 55.7 Å². The van der Waals surface area contributed by atoms with Crippen LogP contribution in [0.2, 0.25) is 0 Å². The van der Waals surface area contributed by atoms with E-state index >= 15 is 0 Å². The lowest BCUT2D eigenvalue weighted by atomic mass is 9.99. The summed E-state index contributed by atoms with van der Waals surface area (Å²) < 4.78 is 1.62. The number of tetrazole rings is 1. The summed E-state index contributed by atoms with van der Waals surface area (Å²) in [7, 11) is 0. The smallest absolute Gasteiger partial charge is 0.251 e. The van der Waals surface area contributed by atoms with Crippen LogP contribution in [0.5, 0.6) is 0 Å². The lowest BCUT2D eigenvalue weighted by Gasteiger charge is -2.15. The summed E-state index contributed by atoms with van der Waals surface area (Å²) in [6.45, 7) is 6.92. The molecule has 0 saturated heterocycles. The standard InChI is InChI=1S/C17H25N5O/c1-4-6-8-14(5-2)12-18-17(23)15-9-7-10-16(11-15)22-13(3)19-20-21-22/h7,9-11,14H,4-6,8,12H2,1-3H3,(H,18,23)/t14-/m1/s1. The second-order valence-electron chi connectivity index (χ2n) is 5.81. The van der Waals surface area contributed by atoms with Crippen molar-refractivity contribution in [2.45, 2.75) is 46.5 Å². The van der Waals surface area contributed by atoms with E-state index in [2.05, 4.69) is 34.7 Å². The Bertz CT molecular complexity index is 637. The molecule has 124 valence electrons. The van der Waals surface area contributed by atoms with Crippen LogP contribution in [0.3, 0.4) is 0 Å². The number of amides is 1. The van der Waals surface area contributed by atoms with Crippen molar-refractivity contribution in [2.75, 3.05) is 6.54 Å². The van der Waals surface area contributed by atoms with Crippen molar-refractivity contribution < 1.29 is 4.79 Å². The van der Waals surface area contributed by atoms with Crippen molar-refractivity contribution in [3.63, 3.8) is 0 Å². The first-order valence-electron chi connectivity index (χ1n) is 8.29. The van der Waals surface area contributed by atoms with Crippen molar-refractivity contribution in [1.29, 1.82) is 0 Å². The molecule has 6 heteroatoms. The lowest BCUT2D eigenvalue weighted by molar-refractivity contribution is 0.0946. The molecule has 1 atom stereocenters. The van der Waals surface area contributed by atoms with Crippen molar-refractivity contribution >= 4 is 5.91 Å². The Kier molecular flexibility index (Phi) is 6.26. The van der Waals surface area contributed by atoms with E-state index in [1.807, 2.05) is 31.2 Å². The highest BCUT2D eigenvalue weighted by molar-refractivity contribution is 5.94. The van der Waals surface area contributed by atoms with Crippen LogP contribution in [0.4, 0.5) is 0 Å². The Balaban J connectivity index is 2.01. The monoisotopic (exact) mass is 315 g/mol. The van der Waals surface area contributed by atoms with Crippen LogP contribution in [-0.4, -0.2) is 32.7 Å². The van der Waals surface area contributed by atoms with Gasteiger partial charge in [-0.1, -0.05) is 39.2 Å². The molecule has 0 aliphatic rings. The zero-order valence-corrected chi connectivity index (χ0v) is 14.1. The summed E-state index contributed by atoms with van der Waals surface area (Å²) in [6, 6.07) is 7.35.